The van der Waals surface area contributed by atoms with Crippen molar-refractivity contribution in [2.24, 2.45) is 5.92 Å². The van der Waals surface area contributed by atoms with E-state index < -0.39 is 11.6 Å². The average molecular weight is 698 g/mol. The van der Waals surface area contributed by atoms with E-state index in [1.165, 1.54) is 0 Å². The number of nitrogens with zero attached hydrogens (tertiary/aromatic N) is 7. The monoisotopic (exact) mass is 697 g/mol. The Hall–Kier alpha value is -6.17. The van der Waals surface area contributed by atoms with E-state index >= 15 is 0 Å². The van der Waals surface area contributed by atoms with Gasteiger partial charge in [-0.3, -0.25) is 0 Å². The highest BCUT2D eigenvalue weighted by molar-refractivity contribution is 5.81. The zero-order chi connectivity index (χ0) is 36.8. The van der Waals surface area contributed by atoms with Crippen LogP contribution < -0.4 is 0 Å². The third kappa shape index (κ3) is 6.68. The molecule has 8 nitrogen and oxygen atoms in total. The van der Waals surface area contributed by atoms with Crippen LogP contribution >= 0.6 is 0 Å². The van der Waals surface area contributed by atoms with E-state index in [1.807, 2.05) is 53.4 Å². The lowest BCUT2D eigenvalue weighted by atomic mass is 9.77. The first-order valence-electron chi connectivity index (χ1n) is 18.3. The normalized spacial score (nSPS) is 12.2. The Morgan fingerprint density at radius 2 is 1.28 bits per heavy atom. The van der Waals surface area contributed by atoms with Crippen LogP contribution in [0.2, 0.25) is 0 Å². The van der Waals surface area contributed by atoms with Gasteiger partial charge in [-0.1, -0.05) is 167 Å². The molecule has 0 saturated heterocycles. The molecule has 2 heterocycles. The maximum Gasteiger partial charge on any atom is 0.184 e. The second-order valence-electron chi connectivity index (χ2n) is 13.7. The summed E-state index contributed by atoms with van der Waals surface area (Å²) in [6.07, 6.45) is 1.91. The highest BCUT2D eigenvalue weighted by atomic mass is 16.3. The number of imidazole rings is 1. The zero-order valence-corrected chi connectivity index (χ0v) is 30.3. The fourth-order valence-corrected chi connectivity index (χ4v) is 7.24. The number of hydrogen-bond donors (Lipinski definition) is 1. The van der Waals surface area contributed by atoms with Crippen LogP contribution in [0.1, 0.15) is 79.2 Å². The minimum atomic E-state index is -0.875. The minimum Gasteiger partial charge on any atom is -0.386 e. The van der Waals surface area contributed by atoms with Crippen LogP contribution in [-0.4, -0.2) is 34.9 Å². The summed E-state index contributed by atoms with van der Waals surface area (Å²) >= 11 is 0. The van der Waals surface area contributed by atoms with Crippen molar-refractivity contribution >= 4 is 0 Å². The Bertz CT molecular complexity index is 2210. The van der Waals surface area contributed by atoms with Crippen LogP contribution in [0, 0.1) is 17.2 Å². The minimum absolute atomic E-state index is 0.0527. The number of aromatic nitrogens is 6. The second kappa shape index (κ2) is 15.6. The first-order chi connectivity index (χ1) is 26.0. The molecular formula is C45H43N7O. The fraction of sp³-hybridized carbons (Fsp3) is 0.222. The van der Waals surface area contributed by atoms with Crippen molar-refractivity contribution in [3.8, 4) is 28.6 Å². The van der Waals surface area contributed by atoms with Crippen molar-refractivity contribution in [1.82, 2.24) is 29.8 Å². The molecule has 264 valence electrons. The summed E-state index contributed by atoms with van der Waals surface area (Å²) in [6, 6.07) is 50.2. The molecule has 0 aliphatic carbocycles. The van der Waals surface area contributed by atoms with E-state index in [0.717, 1.165) is 64.0 Å². The first kappa shape index (κ1) is 35.2. The average Bonchev–Trinajstić information content (AvgIpc) is 3.84. The van der Waals surface area contributed by atoms with Crippen LogP contribution in [0.25, 0.3) is 22.5 Å². The van der Waals surface area contributed by atoms with Gasteiger partial charge in [-0.05, 0) is 56.1 Å². The van der Waals surface area contributed by atoms with Crippen molar-refractivity contribution < 1.29 is 5.11 Å². The zero-order valence-electron chi connectivity index (χ0n) is 30.3. The summed E-state index contributed by atoms with van der Waals surface area (Å²) in [5.74, 6) is 1.41. The van der Waals surface area contributed by atoms with Crippen LogP contribution in [0.3, 0.4) is 0 Å². The first-order valence-corrected chi connectivity index (χ1v) is 18.3. The van der Waals surface area contributed by atoms with Crippen LogP contribution in [0.15, 0.2) is 140 Å². The molecule has 0 aliphatic heterocycles. The lowest BCUT2D eigenvalue weighted by Crippen LogP contribution is -2.39. The summed E-state index contributed by atoms with van der Waals surface area (Å²) in [7, 11) is 0. The second-order valence-corrected chi connectivity index (χ2v) is 13.7. The molecule has 0 spiro atoms. The van der Waals surface area contributed by atoms with Gasteiger partial charge in [0, 0.05) is 18.5 Å². The number of hydrogen-bond acceptors (Lipinski definition) is 6. The molecule has 0 fully saturated rings. The van der Waals surface area contributed by atoms with Gasteiger partial charge in [-0.15, -0.1) is 5.10 Å². The van der Waals surface area contributed by atoms with Crippen LogP contribution in [0.4, 0.5) is 0 Å². The Morgan fingerprint density at radius 3 is 1.81 bits per heavy atom. The van der Waals surface area contributed by atoms with Gasteiger partial charge < -0.3 is 9.67 Å². The van der Waals surface area contributed by atoms with E-state index in [0.29, 0.717) is 23.8 Å². The largest absolute Gasteiger partial charge is 0.386 e. The van der Waals surface area contributed by atoms with Gasteiger partial charge in [-0.25, -0.2) is 9.67 Å². The molecule has 5 aromatic carbocycles. The molecule has 0 amide bonds. The predicted octanol–water partition coefficient (Wildman–Crippen LogP) is 9.00. The Labute approximate surface area is 311 Å². The van der Waals surface area contributed by atoms with Crippen LogP contribution in [-0.2, 0) is 18.5 Å². The number of nitriles is 1. The van der Waals surface area contributed by atoms with Gasteiger partial charge in [-0.2, -0.15) is 5.26 Å². The number of tetrazole rings is 1. The van der Waals surface area contributed by atoms with Crippen molar-refractivity contribution in [2.75, 3.05) is 0 Å². The molecule has 0 saturated carbocycles. The lowest BCUT2D eigenvalue weighted by Gasteiger charge is -2.36. The predicted molar refractivity (Wildman–Crippen MR) is 208 cm³/mol. The molecule has 0 aliphatic rings. The molecule has 7 aromatic rings. The fourth-order valence-electron chi connectivity index (χ4n) is 7.24. The van der Waals surface area contributed by atoms with Crippen molar-refractivity contribution in [3.63, 3.8) is 0 Å². The van der Waals surface area contributed by atoms with E-state index in [-0.39, 0.29) is 5.92 Å². The quantitative estimate of drug-likeness (QED) is 0.121. The number of benzene rings is 5. The van der Waals surface area contributed by atoms with Gasteiger partial charge in [0.15, 0.2) is 5.82 Å². The smallest absolute Gasteiger partial charge is 0.184 e. The Kier molecular flexibility index (Phi) is 10.4. The molecule has 0 bridgehead atoms. The SMILES string of the molecule is CCCCc1nc(C(O)C(C)C)c(C#N)n1Cc1ccc(-c2ccccc2-c2nnnn2C(c2ccccc2)(c2ccccc2)c2ccccc2)cc1. The van der Waals surface area contributed by atoms with E-state index in [9.17, 15) is 10.4 Å². The summed E-state index contributed by atoms with van der Waals surface area (Å²) in [5.41, 5.74) is 7.05. The summed E-state index contributed by atoms with van der Waals surface area (Å²) in [4.78, 5) is 4.80. The van der Waals surface area contributed by atoms with Crippen molar-refractivity contribution in [1.29, 1.82) is 5.26 Å². The molecule has 2 aromatic heterocycles. The third-order valence-electron chi connectivity index (χ3n) is 9.98. The summed E-state index contributed by atoms with van der Waals surface area (Å²) in [5, 5.41) is 34.9. The van der Waals surface area contributed by atoms with E-state index in [4.69, 9.17) is 15.3 Å². The van der Waals surface area contributed by atoms with Gasteiger partial charge in [0.2, 0.25) is 0 Å². The maximum absolute atomic E-state index is 10.9. The molecule has 8 heteroatoms. The standard InChI is InChI=1S/C45H43N7O/c1-4-5-25-41-47-42(43(53)32(2)3)40(30-46)51(41)31-33-26-28-34(29-27-33)38-23-15-16-24-39(38)44-48-49-50-52(44)45(35-17-9-6-10-18-35,36-19-11-7-12-20-36)37-21-13-8-14-22-37/h6-24,26-29,32,43,53H,4-5,25,31H2,1-3H3. The molecule has 1 N–H and O–H groups in total. The maximum atomic E-state index is 10.9. The lowest BCUT2D eigenvalue weighted by molar-refractivity contribution is 0.122. The van der Waals surface area contributed by atoms with Gasteiger partial charge in [0.25, 0.3) is 0 Å². The number of aliphatic hydroxyl groups is 1. The van der Waals surface area contributed by atoms with Gasteiger partial charge in [0.05, 0.1) is 0 Å². The molecule has 53 heavy (non-hydrogen) atoms. The Balaban J connectivity index is 1.32. The van der Waals surface area contributed by atoms with Gasteiger partial charge in [0.1, 0.15) is 34.9 Å². The van der Waals surface area contributed by atoms with Crippen molar-refractivity contribution in [2.45, 2.75) is 58.2 Å². The molecular weight excluding hydrogens is 655 g/mol. The van der Waals surface area contributed by atoms with Crippen molar-refractivity contribution in [3.05, 3.63) is 179 Å². The Morgan fingerprint density at radius 1 is 0.736 bits per heavy atom. The summed E-state index contributed by atoms with van der Waals surface area (Å²) < 4.78 is 3.94. The highest BCUT2D eigenvalue weighted by Crippen LogP contribution is 2.43. The van der Waals surface area contributed by atoms with E-state index in [2.05, 4.69) is 127 Å². The molecule has 0 radical (unpaired) electrons. The topological polar surface area (TPSA) is 105 Å². The number of aliphatic hydroxyl groups excluding tert-OH is 1. The number of unbranched alkanes of at least 4 members (excludes halogenated alkanes) is 1. The van der Waals surface area contributed by atoms with E-state index in [1.54, 1.807) is 0 Å². The molecule has 1 atom stereocenters. The number of rotatable bonds is 13. The summed E-state index contributed by atoms with van der Waals surface area (Å²) in [6.45, 7) is 6.50. The highest BCUT2D eigenvalue weighted by Gasteiger charge is 2.42. The van der Waals surface area contributed by atoms with Crippen LogP contribution in [0.5, 0.6) is 0 Å². The molecule has 7 rings (SSSR count). The molecule has 1 unspecified atom stereocenters. The third-order valence-corrected chi connectivity index (χ3v) is 9.98. The van der Waals surface area contributed by atoms with Gasteiger partial charge >= 0.3 is 0 Å². The number of aryl methyl sites for hydroxylation is 1.